The SMILES string of the molecule is Cc1nccn1CC(C)(O)C1=Cc2cccnc2[C@@H](N2CCN(C(=O)NC(C)(C)C)CC2)c2ccc(Cl)cc21. The third kappa shape index (κ3) is 5.73. The first-order valence-electron chi connectivity index (χ1n) is 13.4. The molecule has 1 saturated heterocycles. The van der Waals surface area contributed by atoms with Crippen molar-refractivity contribution in [2.75, 3.05) is 26.2 Å². The van der Waals surface area contributed by atoms with Gasteiger partial charge in [0.05, 0.1) is 18.3 Å². The molecular weight excluding hydrogens is 512 g/mol. The molecule has 9 heteroatoms. The number of hydrogen-bond acceptors (Lipinski definition) is 5. The number of aromatic nitrogens is 3. The topological polar surface area (TPSA) is 86.5 Å². The summed E-state index contributed by atoms with van der Waals surface area (Å²) in [6.07, 6.45) is 7.50. The van der Waals surface area contributed by atoms with E-state index < -0.39 is 5.60 Å². The number of nitrogens with zero attached hydrogens (tertiary/aromatic N) is 5. The summed E-state index contributed by atoms with van der Waals surface area (Å²) < 4.78 is 1.96. The lowest BCUT2D eigenvalue weighted by Crippen LogP contribution is -2.55. The highest BCUT2D eigenvalue weighted by Gasteiger charge is 2.38. The molecule has 206 valence electrons. The number of fused-ring (bicyclic) bond motifs is 2. The van der Waals surface area contributed by atoms with Gasteiger partial charge >= 0.3 is 6.03 Å². The van der Waals surface area contributed by atoms with Crippen molar-refractivity contribution in [3.05, 3.63) is 82.2 Å². The van der Waals surface area contributed by atoms with Crippen molar-refractivity contribution in [3.63, 3.8) is 0 Å². The third-order valence-electron chi connectivity index (χ3n) is 7.46. The molecule has 3 heterocycles. The smallest absolute Gasteiger partial charge is 0.317 e. The van der Waals surface area contributed by atoms with E-state index in [0.717, 1.165) is 33.8 Å². The van der Waals surface area contributed by atoms with Gasteiger partial charge in [0.25, 0.3) is 0 Å². The summed E-state index contributed by atoms with van der Waals surface area (Å²) in [5.41, 5.74) is 3.12. The summed E-state index contributed by atoms with van der Waals surface area (Å²) in [6.45, 7) is 12.7. The Morgan fingerprint density at radius 3 is 2.51 bits per heavy atom. The van der Waals surface area contributed by atoms with Crippen LogP contribution >= 0.6 is 11.6 Å². The third-order valence-corrected chi connectivity index (χ3v) is 7.70. The molecule has 1 aliphatic heterocycles. The van der Waals surface area contributed by atoms with E-state index in [4.69, 9.17) is 16.6 Å². The number of carbonyl (C=O) groups is 1. The number of imidazole rings is 1. The minimum absolute atomic E-state index is 0.0384. The molecule has 39 heavy (non-hydrogen) atoms. The first-order valence-corrected chi connectivity index (χ1v) is 13.8. The minimum atomic E-state index is -1.21. The lowest BCUT2D eigenvalue weighted by Gasteiger charge is -2.40. The molecule has 1 aromatic carbocycles. The highest BCUT2D eigenvalue weighted by Crippen LogP contribution is 2.44. The first kappa shape index (κ1) is 27.4. The standard InChI is InChI=1S/C30H37ClN6O2/c1-20-32-11-12-37(20)19-30(5,39)25-17-21-7-6-10-33-26(21)27(23-9-8-22(31)18-24(23)25)35-13-15-36(16-14-35)28(38)34-29(2,3)4/h6-12,17-18,27,39H,13-16,19H2,1-5H3,(H,34,38)/t27-,30?/m0/s1. The zero-order chi connectivity index (χ0) is 27.9. The fraction of sp³-hybridized carbons (Fsp3) is 0.433. The van der Waals surface area contributed by atoms with E-state index in [1.165, 1.54) is 0 Å². The molecule has 3 aromatic rings. The predicted octanol–water partition coefficient (Wildman–Crippen LogP) is 4.76. The number of rotatable bonds is 4. The molecule has 2 amide bonds. The van der Waals surface area contributed by atoms with Gasteiger partial charge in [-0.1, -0.05) is 23.7 Å². The van der Waals surface area contributed by atoms with E-state index in [9.17, 15) is 9.90 Å². The van der Waals surface area contributed by atoms with Crippen LogP contribution in [0.1, 0.15) is 61.9 Å². The van der Waals surface area contributed by atoms with Crippen LogP contribution in [0.2, 0.25) is 5.02 Å². The van der Waals surface area contributed by atoms with E-state index >= 15 is 0 Å². The van der Waals surface area contributed by atoms with Crippen molar-refractivity contribution in [3.8, 4) is 0 Å². The molecule has 2 atom stereocenters. The average Bonchev–Trinajstić information content (AvgIpc) is 3.19. The molecule has 0 spiro atoms. The molecule has 0 saturated carbocycles. The minimum Gasteiger partial charge on any atom is -0.384 e. The van der Waals surface area contributed by atoms with Crippen LogP contribution in [0.5, 0.6) is 0 Å². The molecule has 1 aliphatic carbocycles. The quantitative estimate of drug-likeness (QED) is 0.491. The van der Waals surface area contributed by atoms with Crippen LogP contribution in [0.3, 0.4) is 0 Å². The van der Waals surface area contributed by atoms with Crippen molar-refractivity contribution in [2.24, 2.45) is 0 Å². The van der Waals surface area contributed by atoms with Gasteiger partial charge in [-0.05, 0) is 81.2 Å². The molecule has 2 aliphatic rings. The summed E-state index contributed by atoms with van der Waals surface area (Å²) in [6, 6.07) is 9.69. The Hall–Kier alpha value is -3.20. The molecule has 0 radical (unpaired) electrons. The molecular formula is C30H37ClN6O2. The van der Waals surface area contributed by atoms with E-state index in [0.29, 0.717) is 37.7 Å². The van der Waals surface area contributed by atoms with Crippen LogP contribution in [0.15, 0.2) is 48.9 Å². The van der Waals surface area contributed by atoms with Gasteiger partial charge in [-0.3, -0.25) is 9.88 Å². The Balaban J connectivity index is 1.53. The zero-order valence-corrected chi connectivity index (χ0v) is 24.0. The summed E-state index contributed by atoms with van der Waals surface area (Å²) in [7, 11) is 0. The predicted molar refractivity (Wildman–Crippen MR) is 154 cm³/mol. The Morgan fingerprint density at radius 1 is 1.10 bits per heavy atom. The maximum Gasteiger partial charge on any atom is 0.317 e. The Kier molecular flexibility index (Phi) is 7.31. The van der Waals surface area contributed by atoms with Gasteiger partial charge < -0.3 is 19.9 Å². The van der Waals surface area contributed by atoms with E-state index in [1.54, 1.807) is 6.20 Å². The Labute approximate surface area is 235 Å². The van der Waals surface area contributed by atoms with Gasteiger partial charge in [0.2, 0.25) is 0 Å². The summed E-state index contributed by atoms with van der Waals surface area (Å²) in [5, 5.41) is 15.6. The molecule has 5 rings (SSSR count). The fourth-order valence-electron chi connectivity index (χ4n) is 5.55. The second-order valence-electron chi connectivity index (χ2n) is 11.7. The largest absolute Gasteiger partial charge is 0.384 e. The number of benzene rings is 1. The van der Waals surface area contributed by atoms with Crippen LogP contribution in [-0.4, -0.2) is 72.8 Å². The number of piperazine rings is 1. The van der Waals surface area contributed by atoms with Gasteiger partial charge in [-0.25, -0.2) is 9.78 Å². The first-order chi connectivity index (χ1) is 18.4. The average molecular weight is 549 g/mol. The summed E-state index contributed by atoms with van der Waals surface area (Å²) in [5.74, 6) is 0.837. The number of pyridine rings is 1. The van der Waals surface area contributed by atoms with Crippen molar-refractivity contribution >= 4 is 29.3 Å². The number of nitrogens with one attached hydrogen (secondary N) is 1. The van der Waals surface area contributed by atoms with Crippen molar-refractivity contribution < 1.29 is 9.90 Å². The normalized spacial score (nSPS) is 19.4. The number of aliphatic hydroxyl groups is 1. The van der Waals surface area contributed by atoms with E-state index in [1.807, 2.05) is 80.7 Å². The number of urea groups is 1. The molecule has 1 fully saturated rings. The lowest BCUT2D eigenvalue weighted by atomic mass is 9.85. The second kappa shape index (κ2) is 10.4. The maximum atomic E-state index is 12.8. The number of carbonyl (C=O) groups excluding carboxylic acids is 1. The van der Waals surface area contributed by atoms with Gasteiger partial charge in [-0.2, -0.15) is 0 Å². The number of hydrogen-bond donors (Lipinski definition) is 2. The van der Waals surface area contributed by atoms with Crippen LogP contribution in [0.4, 0.5) is 4.79 Å². The van der Waals surface area contributed by atoms with Crippen molar-refractivity contribution in [1.29, 1.82) is 0 Å². The van der Waals surface area contributed by atoms with E-state index in [2.05, 4.69) is 27.3 Å². The van der Waals surface area contributed by atoms with E-state index in [-0.39, 0.29) is 17.6 Å². The highest BCUT2D eigenvalue weighted by atomic mass is 35.5. The molecule has 2 N–H and O–H groups in total. The monoisotopic (exact) mass is 548 g/mol. The van der Waals surface area contributed by atoms with Crippen LogP contribution in [0.25, 0.3) is 11.6 Å². The Morgan fingerprint density at radius 2 is 1.85 bits per heavy atom. The van der Waals surface area contributed by atoms with Gasteiger partial charge in [0, 0.05) is 55.3 Å². The number of aryl methyl sites for hydroxylation is 1. The summed E-state index contributed by atoms with van der Waals surface area (Å²) >= 11 is 6.56. The lowest BCUT2D eigenvalue weighted by molar-refractivity contribution is 0.101. The number of amides is 2. The molecule has 1 unspecified atom stereocenters. The molecule has 0 bridgehead atoms. The maximum absolute atomic E-state index is 12.8. The van der Waals surface area contributed by atoms with Crippen LogP contribution in [0, 0.1) is 6.92 Å². The van der Waals surface area contributed by atoms with Crippen molar-refractivity contribution in [2.45, 2.75) is 58.3 Å². The van der Waals surface area contributed by atoms with Gasteiger partial charge in [0.1, 0.15) is 11.4 Å². The zero-order valence-electron chi connectivity index (χ0n) is 23.3. The van der Waals surface area contributed by atoms with Gasteiger partial charge in [0.15, 0.2) is 0 Å². The van der Waals surface area contributed by atoms with Crippen LogP contribution in [-0.2, 0) is 6.54 Å². The number of halogens is 1. The highest BCUT2D eigenvalue weighted by molar-refractivity contribution is 6.30. The van der Waals surface area contributed by atoms with Gasteiger partial charge in [-0.15, -0.1) is 0 Å². The summed E-state index contributed by atoms with van der Waals surface area (Å²) in [4.78, 5) is 26.3. The van der Waals surface area contributed by atoms with Crippen molar-refractivity contribution in [1.82, 2.24) is 29.7 Å². The molecule has 2 aromatic heterocycles. The molecule has 8 nitrogen and oxygen atoms in total. The Bertz CT molecular complexity index is 1400. The second-order valence-corrected chi connectivity index (χ2v) is 12.2. The van der Waals surface area contributed by atoms with Crippen LogP contribution < -0.4 is 5.32 Å². The fourth-order valence-corrected chi connectivity index (χ4v) is 5.72.